The third-order valence-electron chi connectivity index (χ3n) is 11.0. The largest absolute Gasteiger partial charge is 0.390 e. The summed E-state index contributed by atoms with van der Waals surface area (Å²) in [6.07, 6.45) is 10.2. The maximum absolute atomic E-state index is 13.6. The van der Waals surface area contributed by atoms with Crippen LogP contribution in [0.25, 0.3) is 0 Å². The molecule has 4 aliphatic carbocycles. The van der Waals surface area contributed by atoms with E-state index in [1.54, 1.807) is 0 Å². The van der Waals surface area contributed by atoms with Crippen molar-refractivity contribution in [1.29, 1.82) is 0 Å². The van der Waals surface area contributed by atoms with E-state index in [1.165, 1.54) is 5.57 Å². The standard InChI is InChI=1S/C30H48O5/c1-26(2,32)12-8-13-30(7,33)25-10-9-19-18-15-22(31)21-16-23-24(35-27(3,4)34-23)17-29(21,6)20(18)11-14-28(19,25)5/h15,19-21,23-25,32-33H,8-14,16-17H2,1-7H3. The van der Waals surface area contributed by atoms with Gasteiger partial charge in [0.2, 0.25) is 0 Å². The lowest BCUT2D eigenvalue weighted by atomic mass is 9.47. The predicted molar refractivity (Wildman–Crippen MR) is 136 cm³/mol. The van der Waals surface area contributed by atoms with Gasteiger partial charge in [-0.05, 0) is 127 Å². The number of aliphatic hydroxyl groups is 2. The highest BCUT2D eigenvalue weighted by molar-refractivity contribution is 5.94. The summed E-state index contributed by atoms with van der Waals surface area (Å²) in [5, 5.41) is 21.8. The van der Waals surface area contributed by atoms with E-state index < -0.39 is 17.0 Å². The molecular weight excluding hydrogens is 440 g/mol. The second kappa shape index (κ2) is 8.12. The van der Waals surface area contributed by atoms with Crippen LogP contribution in [0.5, 0.6) is 0 Å². The molecule has 0 radical (unpaired) electrons. The molecule has 9 unspecified atom stereocenters. The van der Waals surface area contributed by atoms with Gasteiger partial charge in [-0.2, -0.15) is 0 Å². The molecule has 198 valence electrons. The zero-order valence-electron chi connectivity index (χ0n) is 23.0. The average molecular weight is 489 g/mol. The number of ketones is 1. The first kappa shape index (κ1) is 25.9. The van der Waals surface area contributed by atoms with Crippen molar-refractivity contribution < 1.29 is 24.5 Å². The van der Waals surface area contributed by atoms with Crippen LogP contribution >= 0.6 is 0 Å². The second-order valence-electron chi connectivity index (χ2n) is 14.6. The Labute approximate surface area is 212 Å². The third-order valence-corrected chi connectivity index (χ3v) is 11.0. The maximum atomic E-state index is 13.6. The molecule has 0 spiro atoms. The summed E-state index contributed by atoms with van der Waals surface area (Å²) < 4.78 is 12.5. The van der Waals surface area contributed by atoms with Crippen molar-refractivity contribution in [1.82, 2.24) is 0 Å². The lowest BCUT2D eigenvalue weighted by molar-refractivity contribution is -0.146. The van der Waals surface area contributed by atoms with Crippen molar-refractivity contribution >= 4 is 5.78 Å². The van der Waals surface area contributed by atoms with Gasteiger partial charge in [0, 0.05) is 5.92 Å². The van der Waals surface area contributed by atoms with Crippen LogP contribution in [-0.4, -0.2) is 45.2 Å². The van der Waals surface area contributed by atoms with E-state index in [-0.39, 0.29) is 40.7 Å². The molecule has 5 nitrogen and oxygen atoms in total. The predicted octanol–water partition coefficient (Wildman–Crippen LogP) is 5.57. The molecule has 5 rings (SSSR count). The SMILES string of the molecule is CC(C)(O)CCCC(C)(O)C1CCC2C3=CC(=O)C4CC5OC(C)(C)OC5CC4(C)C3CCC21C. The first-order valence-corrected chi connectivity index (χ1v) is 14.1. The number of ether oxygens (including phenoxy) is 2. The van der Waals surface area contributed by atoms with Crippen molar-refractivity contribution in [2.45, 2.75) is 135 Å². The van der Waals surface area contributed by atoms with Crippen LogP contribution in [0.3, 0.4) is 0 Å². The Morgan fingerprint density at radius 1 is 0.914 bits per heavy atom. The summed E-state index contributed by atoms with van der Waals surface area (Å²) in [4.78, 5) is 13.6. The van der Waals surface area contributed by atoms with Gasteiger partial charge in [0.25, 0.3) is 0 Å². The van der Waals surface area contributed by atoms with E-state index in [9.17, 15) is 15.0 Å². The number of rotatable bonds is 5. The summed E-state index contributed by atoms with van der Waals surface area (Å²) >= 11 is 0. The molecule has 2 N–H and O–H groups in total. The Morgan fingerprint density at radius 2 is 1.57 bits per heavy atom. The minimum atomic E-state index is -0.758. The zero-order chi connectivity index (χ0) is 25.6. The molecule has 0 amide bonds. The molecule has 5 aliphatic rings. The molecule has 0 bridgehead atoms. The molecule has 5 heteroatoms. The molecule has 1 heterocycles. The third kappa shape index (κ3) is 4.27. The average Bonchev–Trinajstić information content (AvgIpc) is 3.20. The topological polar surface area (TPSA) is 76.0 Å². The highest BCUT2D eigenvalue weighted by Crippen LogP contribution is 2.67. The van der Waals surface area contributed by atoms with Crippen molar-refractivity contribution in [3.05, 3.63) is 11.6 Å². The summed E-state index contributed by atoms with van der Waals surface area (Å²) in [7, 11) is 0. The fourth-order valence-electron chi connectivity index (χ4n) is 9.43. The van der Waals surface area contributed by atoms with Crippen LogP contribution < -0.4 is 0 Å². The normalized spacial score (nSPS) is 46.2. The Kier molecular flexibility index (Phi) is 6.01. The smallest absolute Gasteiger partial charge is 0.163 e. The molecule has 9 atom stereocenters. The number of carbonyl (C=O) groups excluding carboxylic acids is 1. The summed E-state index contributed by atoms with van der Waals surface area (Å²) in [5.41, 5.74) is -0.158. The van der Waals surface area contributed by atoms with E-state index in [2.05, 4.69) is 13.8 Å². The lowest BCUT2D eigenvalue weighted by Gasteiger charge is -2.58. The number of allylic oxidation sites excluding steroid dienone is 2. The minimum absolute atomic E-state index is 0.0101. The van der Waals surface area contributed by atoms with Crippen LogP contribution in [0, 0.1) is 34.5 Å². The van der Waals surface area contributed by atoms with Crippen LogP contribution in [0.4, 0.5) is 0 Å². The Balaban J connectivity index is 1.38. The number of hydrogen-bond acceptors (Lipinski definition) is 5. The monoisotopic (exact) mass is 488 g/mol. The highest BCUT2D eigenvalue weighted by atomic mass is 16.7. The van der Waals surface area contributed by atoms with E-state index in [0.29, 0.717) is 24.7 Å². The molecule has 35 heavy (non-hydrogen) atoms. The van der Waals surface area contributed by atoms with Crippen molar-refractivity contribution in [3.8, 4) is 0 Å². The van der Waals surface area contributed by atoms with Crippen molar-refractivity contribution in [3.63, 3.8) is 0 Å². The van der Waals surface area contributed by atoms with Gasteiger partial charge in [-0.15, -0.1) is 0 Å². The Morgan fingerprint density at radius 3 is 2.26 bits per heavy atom. The highest BCUT2D eigenvalue weighted by Gasteiger charge is 2.63. The number of fused-ring (bicyclic) bond motifs is 6. The maximum Gasteiger partial charge on any atom is 0.163 e. The molecule has 0 aromatic carbocycles. The summed E-state index contributed by atoms with van der Waals surface area (Å²) in [6, 6.07) is 0. The van der Waals surface area contributed by atoms with Gasteiger partial charge in [0.1, 0.15) is 0 Å². The Bertz CT molecular complexity index is 897. The fraction of sp³-hybridized carbons (Fsp3) is 0.900. The van der Waals surface area contributed by atoms with Crippen LogP contribution in [0.15, 0.2) is 11.6 Å². The van der Waals surface area contributed by atoms with Crippen LogP contribution in [0.2, 0.25) is 0 Å². The van der Waals surface area contributed by atoms with E-state index in [0.717, 1.165) is 44.9 Å². The molecule has 4 fully saturated rings. The zero-order valence-corrected chi connectivity index (χ0v) is 23.0. The number of carbonyl (C=O) groups is 1. The quantitative estimate of drug-likeness (QED) is 0.529. The minimum Gasteiger partial charge on any atom is -0.390 e. The summed E-state index contributed by atoms with van der Waals surface area (Å²) in [5.74, 6) is 0.724. The molecule has 3 saturated carbocycles. The summed E-state index contributed by atoms with van der Waals surface area (Å²) in [6.45, 7) is 14.4. The van der Waals surface area contributed by atoms with Crippen molar-refractivity contribution in [2.24, 2.45) is 34.5 Å². The van der Waals surface area contributed by atoms with Gasteiger partial charge in [-0.25, -0.2) is 0 Å². The first-order chi connectivity index (χ1) is 16.1. The lowest BCUT2D eigenvalue weighted by Crippen LogP contribution is -2.56. The van der Waals surface area contributed by atoms with E-state index in [1.807, 2.05) is 40.7 Å². The molecular formula is C30H48O5. The van der Waals surface area contributed by atoms with Crippen molar-refractivity contribution in [2.75, 3.05) is 0 Å². The molecule has 0 aromatic rings. The van der Waals surface area contributed by atoms with Gasteiger partial charge in [0.15, 0.2) is 11.6 Å². The van der Waals surface area contributed by atoms with Crippen LogP contribution in [-0.2, 0) is 14.3 Å². The van der Waals surface area contributed by atoms with E-state index >= 15 is 0 Å². The van der Waals surface area contributed by atoms with Gasteiger partial charge >= 0.3 is 0 Å². The number of hydrogen-bond donors (Lipinski definition) is 2. The molecule has 1 saturated heterocycles. The van der Waals surface area contributed by atoms with Gasteiger partial charge in [-0.3, -0.25) is 4.79 Å². The van der Waals surface area contributed by atoms with E-state index in [4.69, 9.17) is 9.47 Å². The first-order valence-electron chi connectivity index (χ1n) is 14.1. The Hall–Kier alpha value is -0.750. The molecule has 0 aromatic heterocycles. The van der Waals surface area contributed by atoms with Crippen LogP contribution in [0.1, 0.15) is 106 Å². The molecule has 1 aliphatic heterocycles. The van der Waals surface area contributed by atoms with Gasteiger partial charge < -0.3 is 19.7 Å². The second-order valence-corrected chi connectivity index (χ2v) is 14.6. The van der Waals surface area contributed by atoms with Gasteiger partial charge in [0.05, 0.1) is 23.4 Å². The fourth-order valence-corrected chi connectivity index (χ4v) is 9.43. The van der Waals surface area contributed by atoms with Gasteiger partial charge in [-0.1, -0.05) is 19.4 Å².